The third-order valence-electron chi connectivity index (χ3n) is 5.75. The lowest BCUT2D eigenvalue weighted by atomic mass is 10.0. The smallest absolute Gasteiger partial charge is 0.315 e. The maximum atomic E-state index is 12.9. The van der Waals surface area contributed by atoms with Crippen LogP contribution in [0.15, 0.2) is 30.5 Å². The molecule has 0 unspecified atom stereocenters. The summed E-state index contributed by atoms with van der Waals surface area (Å²) in [5, 5.41) is 19.6. The van der Waals surface area contributed by atoms with E-state index in [0.29, 0.717) is 16.3 Å². The van der Waals surface area contributed by atoms with Crippen LogP contribution in [0, 0.1) is 44.9 Å². The molecule has 4 rings (SSSR count). The number of pyridine rings is 1. The number of halogens is 1. The molecule has 1 aromatic heterocycles. The number of rotatable bonds is 9. The van der Waals surface area contributed by atoms with Crippen molar-refractivity contribution in [2.45, 2.75) is 19.6 Å². The number of esters is 1. The highest BCUT2D eigenvalue weighted by Crippen LogP contribution is 2.48. The van der Waals surface area contributed by atoms with Gasteiger partial charge in [-0.1, -0.05) is 23.7 Å². The molecule has 0 N–H and O–H groups in total. The Kier molecular flexibility index (Phi) is 6.29. The lowest BCUT2D eigenvalue weighted by Gasteiger charge is -2.13. The Hall–Kier alpha value is -3.51. The topological polar surface area (TPSA) is 153 Å². The Balaban J connectivity index is 1.52. The number of fused-ring (bicyclic) bond motifs is 1. The molecule has 13 heteroatoms. The number of ether oxygens (including phenoxy) is 2. The molecule has 1 saturated carbocycles. The molecular weight excluding hydrogens is 462 g/mol. The summed E-state index contributed by atoms with van der Waals surface area (Å²) in [5.74, 6) is -2.60. The molecule has 0 bridgehead atoms. The van der Waals surface area contributed by atoms with E-state index in [-0.39, 0.29) is 12.4 Å². The Morgan fingerprint density at radius 3 is 2.33 bits per heavy atom. The highest BCUT2D eigenvalue weighted by Gasteiger charge is 2.57. The number of aromatic nitrogens is 1. The summed E-state index contributed by atoms with van der Waals surface area (Å²) in [4.78, 5) is 46.9. The third-order valence-corrected chi connectivity index (χ3v) is 6.00. The maximum Gasteiger partial charge on any atom is 0.315 e. The van der Waals surface area contributed by atoms with Gasteiger partial charge >= 0.3 is 5.97 Å². The molecule has 1 aromatic carbocycles. The van der Waals surface area contributed by atoms with Crippen molar-refractivity contribution >= 4 is 17.6 Å². The van der Waals surface area contributed by atoms with E-state index < -0.39 is 53.2 Å². The number of hydrogen-bond acceptors (Lipinski definition) is 10. The molecular formula is C20H18ClN3O9. The molecule has 4 atom stereocenters. The van der Waals surface area contributed by atoms with E-state index in [2.05, 4.69) is 14.7 Å². The largest absolute Gasteiger partial charge is 0.424 e. The minimum Gasteiger partial charge on any atom is -0.424 e. The number of benzene rings is 1. The predicted octanol–water partition coefficient (Wildman–Crippen LogP) is 2.85. The van der Waals surface area contributed by atoms with Crippen LogP contribution < -0.4 is 4.74 Å². The van der Waals surface area contributed by atoms with E-state index in [4.69, 9.17) is 21.1 Å². The summed E-state index contributed by atoms with van der Waals surface area (Å²) < 4.78 is 11.5. The monoisotopic (exact) mass is 479 g/mol. The molecule has 1 aliphatic carbocycles. The van der Waals surface area contributed by atoms with Crippen LogP contribution in [-0.2, 0) is 25.8 Å². The van der Waals surface area contributed by atoms with Crippen LogP contribution in [0.1, 0.15) is 28.5 Å². The summed E-state index contributed by atoms with van der Waals surface area (Å²) in [6, 6.07) is 7.15. The molecule has 12 nitrogen and oxygen atoms in total. The Labute approximate surface area is 191 Å². The minimum atomic E-state index is -0.988. The molecule has 0 spiro atoms. The molecule has 0 radical (unpaired) electrons. The first-order valence-corrected chi connectivity index (χ1v) is 10.3. The van der Waals surface area contributed by atoms with Gasteiger partial charge in [0.15, 0.2) is 5.75 Å². The second-order valence-electron chi connectivity index (χ2n) is 7.66. The van der Waals surface area contributed by atoms with Gasteiger partial charge < -0.3 is 19.1 Å². The summed E-state index contributed by atoms with van der Waals surface area (Å²) in [6.45, 7) is 1.06. The van der Waals surface area contributed by atoms with Gasteiger partial charge in [-0.25, -0.2) is 0 Å². The number of aryl methyl sites for hydroxylation is 1. The number of nitrogens with zero attached hydrogens (tertiary/aromatic N) is 3. The fourth-order valence-corrected chi connectivity index (χ4v) is 4.17. The average Bonchev–Trinajstić information content (AvgIpc) is 3.31. The van der Waals surface area contributed by atoms with Crippen molar-refractivity contribution < 1.29 is 34.1 Å². The first-order valence-electron chi connectivity index (χ1n) is 9.88. The Morgan fingerprint density at radius 1 is 1.15 bits per heavy atom. The van der Waals surface area contributed by atoms with E-state index >= 15 is 0 Å². The molecule has 2 aliphatic rings. The number of hydrogen-bond donors (Lipinski definition) is 0. The molecule has 2 heterocycles. The van der Waals surface area contributed by atoms with Crippen LogP contribution >= 0.6 is 11.6 Å². The molecule has 33 heavy (non-hydrogen) atoms. The van der Waals surface area contributed by atoms with Crippen LogP contribution in [0.3, 0.4) is 0 Å². The van der Waals surface area contributed by atoms with E-state index in [1.807, 2.05) is 12.1 Å². The van der Waals surface area contributed by atoms with Crippen molar-refractivity contribution in [3.63, 3.8) is 0 Å². The van der Waals surface area contributed by atoms with Crippen molar-refractivity contribution in [3.8, 4) is 5.75 Å². The van der Waals surface area contributed by atoms with Crippen LogP contribution in [-0.4, -0.2) is 34.3 Å². The van der Waals surface area contributed by atoms with Gasteiger partial charge in [0.2, 0.25) is 0 Å². The molecule has 0 saturated heterocycles. The second kappa shape index (κ2) is 9.16. The standard InChI is InChI=1S/C20H18ClN3O9/c1-10-18(16-7-30-19(13(16)6-22-10)11-2-4-12(21)5-3-11)33-20(25)17-14(8-31-23(26)27)15(17)9-32-24(28)29/h2-6,14-15,17,19H,7-9H2,1H3/t14-,15+,17+,19-/m0/s1. The van der Waals surface area contributed by atoms with Crippen molar-refractivity contribution in [1.82, 2.24) is 4.98 Å². The van der Waals surface area contributed by atoms with Crippen molar-refractivity contribution in [1.29, 1.82) is 0 Å². The van der Waals surface area contributed by atoms with Crippen LogP contribution in [0.5, 0.6) is 5.75 Å². The van der Waals surface area contributed by atoms with Gasteiger partial charge in [-0.3, -0.25) is 9.78 Å². The third kappa shape index (κ3) is 4.81. The first kappa shape index (κ1) is 22.7. The molecule has 1 aliphatic heterocycles. The zero-order valence-electron chi connectivity index (χ0n) is 17.2. The summed E-state index contributed by atoms with van der Waals surface area (Å²) in [7, 11) is 0. The minimum absolute atomic E-state index is 0.182. The van der Waals surface area contributed by atoms with Crippen molar-refractivity contribution in [3.05, 3.63) is 78.1 Å². The lowest BCUT2D eigenvalue weighted by molar-refractivity contribution is -0.761. The fourth-order valence-electron chi connectivity index (χ4n) is 4.04. The Bertz CT molecular complexity index is 1070. The van der Waals surface area contributed by atoms with Gasteiger partial charge in [-0.2, -0.15) is 0 Å². The van der Waals surface area contributed by atoms with E-state index in [1.54, 1.807) is 25.3 Å². The maximum absolute atomic E-state index is 12.9. The highest BCUT2D eigenvalue weighted by molar-refractivity contribution is 6.30. The van der Waals surface area contributed by atoms with Crippen molar-refractivity contribution in [2.75, 3.05) is 13.2 Å². The normalized spacial score (nSPS) is 22.8. The lowest BCUT2D eigenvalue weighted by Crippen LogP contribution is -2.17. The summed E-state index contributed by atoms with van der Waals surface area (Å²) in [5.41, 5.74) is 2.71. The summed E-state index contributed by atoms with van der Waals surface area (Å²) >= 11 is 5.96. The zero-order chi connectivity index (χ0) is 23.7. The SMILES string of the molecule is Cc1ncc2c(c1OC(=O)[C@H]1[C@H](CO[N+](=O)[O-])[C@@H]1CO[N+](=O)[O-])CO[C@H]2c1ccc(Cl)cc1. The quantitative estimate of drug-likeness (QED) is 0.298. The molecule has 174 valence electrons. The van der Waals surface area contributed by atoms with Gasteiger partial charge in [0.25, 0.3) is 10.2 Å². The van der Waals surface area contributed by atoms with E-state index in [0.717, 1.165) is 11.1 Å². The van der Waals surface area contributed by atoms with Crippen LogP contribution in [0.4, 0.5) is 0 Å². The van der Waals surface area contributed by atoms with Gasteiger partial charge in [-0.05, 0) is 24.6 Å². The fraction of sp³-hybridized carbons (Fsp3) is 0.400. The average molecular weight is 480 g/mol. The Morgan fingerprint density at radius 2 is 1.76 bits per heavy atom. The van der Waals surface area contributed by atoms with Gasteiger partial charge in [-0.15, -0.1) is 20.2 Å². The van der Waals surface area contributed by atoms with E-state index in [9.17, 15) is 25.0 Å². The number of carbonyl (C=O) groups is 1. The van der Waals surface area contributed by atoms with Crippen LogP contribution in [0.2, 0.25) is 5.02 Å². The molecule has 2 aromatic rings. The van der Waals surface area contributed by atoms with E-state index in [1.165, 1.54) is 0 Å². The van der Waals surface area contributed by atoms with Gasteiger partial charge in [0.05, 0.1) is 18.2 Å². The van der Waals surface area contributed by atoms with Gasteiger partial charge in [0, 0.05) is 34.2 Å². The number of carbonyl (C=O) groups excluding carboxylic acids is 1. The highest BCUT2D eigenvalue weighted by atomic mass is 35.5. The van der Waals surface area contributed by atoms with Gasteiger partial charge in [0.1, 0.15) is 19.3 Å². The van der Waals surface area contributed by atoms with Crippen molar-refractivity contribution in [2.24, 2.45) is 17.8 Å². The van der Waals surface area contributed by atoms with Crippen LogP contribution in [0.25, 0.3) is 0 Å². The summed E-state index contributed by atoms with van der Waals surface area (Å²) in [6.07, 6.45) is 1.25. The first-order chi connectivity index (χ1) is 15.8. The predicted molar refractivity (Wildman–Crippen MR) is 109 cm³/mol. The molecule has 0 amide bonds. The zero-order valence-corrected chi connectivity index (χ0v) is 18.0. The second-order valence-corrected chi connectivity index (χ2v) is 8.10. The molecule has 1 fully saturated rings.